The van der Waals surface area contributed by atoms with Crippen molar-refractivity contribution < 1.29 is 4.79 Å². The van der Waals surface area contributed by atoms with Crippen molar-refractivity contribution in [1.82, 2.24) is 9.97 Å². The maximum Gasteiger partial charge on any atom is 0.234 e. The Morgan fingerprint density at radius 1 is 0.939 bits per heavy atom. The van der Waals surface area contributed by atoms with Crippen LogP contribution in [-0.2, 0) is 4.79 Å². The molecule has 1 saturated heterocycles. The lowest BCUT2D eigenvalue weighted by Gasteiger charge is -2.37. The minimum Gasteiger partial charge on any atom is -0.368 e. The average Bonchev–Trinajstić information content (AvgIpc) is 2.82. The standard InChI is InChI=1S/C26H31N5OS/c1-18-8-9-20(3)23(16-18)30-12-14-31(15-13-30)25-26(28-11-10-27-25)33-17-24(32)29-22-7-5-6-19(2)21(22)4/h5-11,16H,12-15,17H2,1-4H3,(H,29,32). The minimum atomic E-state index is -0.0370. The molecular formula is C26H31N5OS. The number of thioether (sulfide) groups is 1. The van der Waals surface area contributed by atoms with Crippen LogP contribution in [0.15, 0.2) is 53.8 Å². The van der Waals surface area contributed by atoms with E-state index in [1.807, 2.05) is 32.0 Å². The highest BCUT2D eigenvalue weighted by Gasteiger charge is 2.22. The van der Waals surface area contributed by atoms with Gasteiger partial charge < -0.3 is 15.1 Å². The van der Waals surface area contributed by atoms with Gasteiger partial charge in [0.25, 0.3) is 0 Å². The van der Waals surface area contributed by atoms with Gasteiger partial charge in [-0.25, -0.2) is 9.97 Å². The molecule has 1 aliphatic heterocycles. The number of rotatable bonds is 6. The molecule has 1 aromatic heterocycles. The molecular weight excluding hydrogens is 430 g/mol. The molecule has 0 saturated carbocycles. The first kappa shape index (κ1) is 23.1. The van der Waals surface area contributed by atoms with Gasteiger partial charge in [-0.2, -0.15) is 0 Å². The van der Waals surface area contributed by atoms with Crippen LogP contribution in [-0.4, -0.2) is 47.8 Å². The summed E-state index contributed by atoms with van der Waals surface area (Å²) in [4.78, 5) is 26.5. The van der Waals surface area contributed by atoms with Gasteiger partial charge in [-0.05, 0) is 62.1 Å². The van der Waals surface area contributed by atoms with Gasteiger partial charge in [0.15, 0.2) is 5.82 Å². The van der Waals surface area contributed by atoms with Gasteiger partial charge in [0.1, 0.15) is 5.03 Å². The van der Waals surface area contributed by atoms with E-state index in [1.165, 1.54) is 28.6 Å². The van der Waals surface area contributed by atoms with Crippen LogP contribution in [0.5, 0.6) is 0 Å². The summed E-state index contributed by atoms with van der Waals surface area (Å²) in [5.74, 6) is 1.12. The summed E-state index contributed by atoms with van der Waals surface area (Å²) in [7, 11) is 0. The first-order chi connectivity index (χ1) is 15.9. The summed E-state index contributed by atoms with van der Waals surface area (Å²) in [6.07, 6.45) is 3.42. The predicted molar refractivity (Wildman–Crippen MR) is 138 cm³/mol. The lowest BCUT2D eigenvalue weighted by atomic mass is 10.1. The highest BCUT2D eigenvalue weighted by atomic mass is 32.2. The number of nitrogens with one attached hydrogen (secondary N) is 1. The van der Waals surface area contributed by atoms with Crippen molar-refractivity contribution in [3.8, 4) is 0 Å². The summed E-state index contributed by atoms with van der Waals surface area (Å²) in [6.45, 7) is 12.0. The topological polar surface area (TPSA) is 61.4 Å². The second-order valence-electron chi connectivity index (χ2n) is 8.53. The molecule has 1 fully saturated rings. The van der Waals surface area contributed by atoms with Gasteiger partial charge in [-0.3, -0.25) is 4.79 Å². The Balaban J connectivity index is 1.38. The molecule has 3 aromatic rings. The molecule has 33 heavy (non-hydrogen) atoms. The van der Waals surface area contributed by atoms with Crippen molar-refractivity contribution >= 4 is 34.9 Å². The fraction of sp³-hybridized carbons (Fsp3) is 0.346. The van der Waals surface area contributed by atoms with Gasteiger partial charge in [0.05, 0.1) is 5.75 Å². The van der Waals surface area contributed by atoms with Gasteiger partial charge in [-0.15, -0.1) is 0 Å². The molecule has 0 spiro atoms. The van der Waals surface area contributed by atoms with Gasteiger partial charge in [0.2, 0.25) is 5.91 Å². The van der Waals surface area contributed by atoms with Crippen LogP contribution in [0.3, 0.4) is 0 Å². The van der Waals surface area contributed by atoms with E-state index in [-0.39, 0.29) is 5.91 Å². The molecule has 2 heterocycles. The molecule has 0 radical (unpaired) electrons. The fourth-order valence-electron chi connectivity index (χ4n) is 4.06. The number of carbonyl (C=O) groups is 1. The SMILES string of the molecule is Cc1ccc(C)c(N2CCN(c3nccnc3SCC(=O)Nc3cccc(C)c3C)CC2)c1. The first-order valence-electron chi connectivity index (χ1n) is 11.3. The van der Waals surface area contributed by atoms with E-state index >= 15 is 0 Å². The zero-order valence-electron chi connectivity index (χ0n) is 19.8. The second-order valence-corrected chi connectivity index (χ2v) is 9.50. The first-order valence-corrected chi connectivity index (χ1v) is 12.3. The molecule has 6 nitrogen and oxygen atoms in total. The van der Waals surface area contributed by atoms with E-state index in [9.17, 15) is 4.79 Å². The Kier molecular flexibility index (Phi) is 7.18. The fourth-order valence-corrected chi connectivity index (χ4v) is 4.85. The molecule has 2 aromatic carbocycles. The molecule has 1 amide bonds. The Morgan fingerprint density at radius 3 is 2.45 bits per heavy atom. The molecule has 7 heteroatoms. The third-order valence-electron chi connectivity index (χ3n) is 6.15. The van der Waals surface area contributed by atoms with Gasteiger partial charge in [0, 0.05) is 49.9 Å². The number of benzene rings is 2. The van der Waals surface area contributed by atoms with E-state index < -0.39 is 0 Å². The van der Waals surface area contributed by atoms with E-state index in [2.05, 4.69) is 57.1 Å². The van der Waals surface area contributed by atoms with Crippen molar-refractivity contribution in [2.24, 2.45) is 0 Å². The number of hydrogen-bond acceptors (Lipinski definition) is 6. The molecule has 172 valence electrons. The van der Waals surface area contributed by atoms with Gasteiger partial charge in [-0.1, -0.05) is 36.0 Å². The Hall–Kier alpha value is -3.06. The lowest BCUT2D eigenvalue weighted by molar-refractivity contribution is -0.113. The van der Waals surface area contributed by atoms with E-state index in [0.29, 0.717) is 5.75 Å². The molecule has 0 aliphatic carbocycles. The number of carbonyl (C=O) groups excluding carboxylic acids is 1. The Morgan fingerprint density at radius 2 is 1.67 bits per heavy atom. The largest absolute Gasteiger partial charge is 0.368 e. The van der Waals surface area contributed by atoms with Crippen molar-refractivity contribution in [1.29, 1.82) is 0 Å². The average molecular weight is 462 g/mol. The highest BCUT2D eigenvalue weighted by molar-refractivity contribution is 8.00. The summed E-state index contributed by atoms with van der Waals surface area (Å²) in [6, 6.07) is 12.6. The Bertz CT molecular complexity index is 1140. The monoisotopic (exact) mass is 461 g/mol. The van der Waals surface area contributed by atoms with Crippen LogP contribution >= 0.6 is 11.8 Å². The second kappa shape index (κ2) is 10.3. The smallest absolute Gasteiger partial charge is 0.234 e. The number of aryl methyl sites for hydroxylation is 3. The van der Waals surface area contributed by atoms with Gasteiger partial charge >= 0.3 is 0 Å². The van der Waals surface area contributed by atoms with Crippen LogP contribution in [0.25, 0.3) is 0 Å². The number of hydrogen-bond donors (Lipinski definition) is 1. The molecule has 0 bridgehead atoms. The van der Waals surface area contributed by atoms with Crippen LogP contribution in [0, 0.1) is 27.7 Å². The van der Waals surface area contributed by atoms with Crippen LogP contribution in [0.4, 0.5) is 17.2 Å². The normalized spacial score (nSPS) is 13.8. The zero-order chi connectivity index (χ0) is 23.4. The summed E-state index contributed by atoms with van der Waals surface area (Å²) < 4.78 is 0. The number of aromatic nitrogens is 2. The van der Waals surface area contributed by atoms with Crippen LogP contribution in [0.2, 0.25) is 0 Å². The summed E-state index contributed by atoms with van der Waals surface area (Å²) in [5, 5.41) is 3.83. The highest BCUT2D eigenvalue weighted by Crippen LogP contribution is 2.29. The van der Waals surface area contributed by atoms with Crippen molar-refractivity contribution in [3.63, 3.8) is 0 Å². The Labute approximate surface area is 200 Å². The van der Waals surface area contributed by atoms with Crippen molar-refractivity contribution in [2.75, 3.05) is 47.0 Å². The number of piperazine rings is 1. The van der Waals surface area contributed by atoms with E-state index in [1.54, 1.807) is 12.4 Å². The lowest BCUT2D eigenvalue weighted by Crippen LogP contribution is -2.47. The number of nitrogens with zero attached hydrogens (tertiary/aromatic N) is 4. The minimum absolute atomic E-state index is 0.0370. The zero-order valence-corrected chi connectivity index (χ0v) is 20.6. The quantitative estimate of drug-likeness (QED) is 0.534. The van der Waals surface area contributed by atoms with Crippen molar-refractivity contribution in [3.05, 3.63) is 71.0 Å². The molecule has 4 rings (SSSR count). The molecule has 1 aliphatic rings. The van der Waals surface area contributed by atoms with Crippen molar-refractivity contribution in [2.45, 2.75) is 32.7 Å². The summed E-state index contributed by atoms with van der Waals surface area (Å²) >= 11 is 1.44. The predicted octanol–water partition coefficient (Wildman–Crippen LogP) is 4.77. The molecule has 0 atom stereocenters. The van der Waals surface area contributed by atoms with E-state index in [4.69, 9.17) is 0 Å². The number of anilines is 3. The maximum atomic E-state index is 12.6. The molecule has 1 N–H and O–H groups in total. The third kappa shape index (κ3) is 5.47. The number of amides is 1. The maximum absolute atomic E-state index is 12.6. The third-order valence-corrected chi connectivity index (χ3v) is 7.12. The van der Waals surface area contributed by atoms with E-state index in [0.717, 1.165) is 53.8 Å². The molecule has 0 unspecified atom stereocenters. The van der Waals surface area contributed by atoms with Crippen LogP contribution < -0.4 is 15.1 Å². The summed E-state index contributed by atoms with van der Waals surface area (Å²) in [5.41, 5.74) is 7.02. The van der Waals surface area contributed by atoms with Crippen LogP contribution in [0.1, 0.15) is 22.3 Å².